The van der Waals surface area contributed by atoms with E-state index in [1.54, 1.807) is 11.3 Å². The molecule has 1 heterocycles. The number of hydrogen-bond acceptors (Lipinski definition) is 3. The molecule has 0 unspecified atom stereocenters. The Morgan fingerprint density at radius 3 is 2.62 bits per heavy atom. The summed E-state index contributed by atoms with van der Waals surface area (Å²) in [7, 11) is 2.01. The van der Waals surface area contributed by atoms with E-state index in [1.807, 2.05) is 37.4 Å². The highest BCUT2D eigenvalue weighted by Gasteiger charge is 2.23. The van der Waals surface area contributed by atoms with Gasteiger partial charge in [0, 0.05) is 23.5 Å². The summed E-state index contributed by atoms with van der Waals surface area (Å²) in [6, 6.07) is 9.68. The largest absolute Gasteiger partial charge is 0.369 e. The lowest BCUT2D eigenvalue weighted by atomic mass is 10.1. The summed E-state index contributed by atoms with van der Waals surface area (Å²) in [6.07, 6.45) is 4.24. The molecule has 0 bridgehead atoms. The second kappa shape index (κ2) is 7.77. The Balaban J connectivity index is 1.66. The molecule has 128 valence electrons. The maximum atomic E-state index is 12.2. The van der Waals surface area contributed by atoms with Crippen molar-refractivity contribution in [3.8, 4) is 0 Å². The molecule has 1 aromatic heterocycles. The second-order valence-corrected chi connectivity index (χ2v) is 8.40. The highest BCUT2D eigenvalue weighted by atomic mass is 35.5. The number of halogens is 2. The number of carbonyl (C=O) groups is 1. The molecule has 0 atom stereocenters. The van der Waals surface area contributed by atoms with E-state index in [1.165, 1.54) is 4.88 Å². The summed E-state index contributed by atoms with van der Waals surface area (Å²) >= 11 is 13.9. The third-order valence-corrected chi connectivity index (χ3v) is 5.93. The molecule has 0 radical (unpaired) electrons. The maximum Gasteiger partial charge on any atom is 0.227 e. The lowest BCUT2D eigenvalue weighted by molar-refractivity contribution is -0.119. The third kappa shape index (κ3) is 4.24. The second-order valence-electron chi connectivity index (χ2n) is 6.20. The molecule has 24 heavy (non-hydrogen) atoms. The average molecular weight is 383 g/mol. The van der Waals surface area contributed by atoms with E-state index in [0.717, 1.165) is 42.3 Å². The van der Waals surface area contributed by atoms with Crippen LogP contribution in [0.4, 0.5) is 11.4 Å². The van der Waals surface area contributed by atoms with Gasteiger partial charge in [0.2, 0.25) is 5.91 Å². The average Bonchev–Trinajstić information content (AvgIpc) is 3.21. The van der Waals surface area contributed by atoms with Crippen LogP contribution >= 0.6 is 34.5 Å². The van der Waals surface area contributed by atoms with Crippen molar-refractivity contribution in [2.75, 3.05) is 17.3 Å². The van der Waals surface area contributed by atoms with Crippen LogP contribution < -0.4 is 10.2 Å². The van der Waals surface area contributed by atoms with Crippen molar-refractivity contribution in [3.63, 3.8) is 0 Å². The van der Waals surface area contributed by atoms with E-state index >= 15 is 0 Å². The monoisotopic (exact) mass is 382 g/mol. The van der Waals surface area contributed by atoms with E-state index < -0.39 is 0 Å². The quantitative estimate of drug-likeness (QED) is 0.706. The van der Waals surface area contributed by atoms with Crippen LogP contribution in [0.25, 0.3) is 0 Å². The van der Waals surface area contributed by atoms with Gasteiger partial charge in [0.15, 0.2) is 0 Å². The van der Waals surface area contributed by atoms with E-state index in [9.17, 15) is 4.79 Å². The normalized spacial score (nSPS) is 14.8. The first-order chi connectivity index (χ1) is 11.5. The van der Waals surface area contributed by atoms with Crippen LogP contribution in [0.1, 0.15) is 30.6 Å². The number of rotatable bonds is 5. The number of thiophene rings is 1. The van der Waals surface area contributed by atoms with Gasteiger partial charge in [-0.05, 0) is 43.2 Å². The zero-order chi connectivity index (χ0) is 17.1. The summed E-state index contributed by atoms with van der Waals surface area (Å²) in [5, 5.41) is 3.53. The molecule has 1 aliphatic carbocycles. The van der Waals surface area contributed by atoms with Gasteiger partial charge in [-0.25, -0.2) is 0 Å². The van der Waals surface area contributed by atoms with Crippen molar-refractivity contribution in [2.24, 2.45) is 5.92 Å². The van der Waals surface area contributed by atoms with Gasteiger partial charge in [0.1, 0.15) is 0 Å². The molecule has 1 aliphatic rings. The van der Waals surface area contributed by atoms with Crippen LogP contribution in [-0.4, -0.2) is 13.0 Å². The van der Waals surface area contributed by atoms with Crippen LogP contribution in [0, 0.1) is 5.92 Å². The molecular formula is C18H20Cl2N2OS. The van der Waals surface area contributed by atoms with Gasteiger partial charge in [-0.3, -0.25) is 4.79 Å². The van der Waals surface area contributed by atoms with Crippen molar-refractivity contribution in [1.29, 1.82) is 0 Å². The van der Waals surface area contributed by atoms with Crippen LogP contribution in [0.3, 0.4) is 0 Å². The summed E-state index contributed by atoms with van der Waals surface area (Å²) in [4.78, 5) is 15.5. The van der Waals surface area contributed by atoms with Crippen molar-refractivity contribution in [3.05, 3.63) is 44.6 Å². The fourth-order valence-corrected chi connectivity index (χ4v) is 4.39. The summed E-state index contributed by atoms with van der Waals surface area (Å²) in [5.41, 5.74) is 1.69. The molecule has 0 spiro atoms. The Morgan fingerprint density at radius 1 is 1.25 bits per heavy atom. The van der Waals surface area contributed by atoms with Crippen molar-refractivity contribution in [1.82, 2.24) is 0 Å². The molecule has 1 saturated carbocycles. The highest BCUT2D eigenvalue weighted by molar-refractivity contribution is 7.16. The predicted molar refractivity (Wildman–Crippen MR) is 103 cm³/mol. The molecule has 0 aliphatic heterocycles. The number of nitrogens with zero attached hydrogens (tertiary/aromatic N) is 1. The van der Waals surface area contributed by atoms with E-state index in [0.29, 0.717) is 10.7 Å². The van der Waals surface area contributed by atoms with Crippen molar-refractivity contribution < 1.29 is 4.79 Å². The molecule has 3 rings (SSSR count). The molecule has 2 aromatic rings. The lowest BCUT2D eigenvalue weighted by Crippen LogP contribution is -2.20. The molecule has 0 saturated heterocycles. The van der Waals surface area contributed by atoms with Crippen molar-refractivity contribution in [2.45, 2.75) is 32.2 Å². The summed E-state index contributed by atoms with van der Waals surface area (Å²) < 4.78 is 0.793. The number of nitrogens with one attached hydrogen (secondary N) is 1. The van der Waals surface area contributed by atoms with Gasteiger partial charge in [-0.2, -0.15) is 0 Å². The topological polar surface area (TPSA) is 32.3 Å². The van der Waals surface area contributed by atoms with Gasteiger partial charge in [0.05, 0.1) is 21.6 Å². The highest BCUT2D eigenvalue weighted by Crippen LogP contribution is 2.31. The van der Waals surface area contributed by atoms with Gasteiger partial charge in [-0.1, -0.05) is 36.0 Å². The first-order valence-electron chi connectivity index (χ1n) is 8.08. The van der Waals surface area contributed by atoms with Gasteiger partial charge in [0.25, 0.3) is 0 Å². The molecule has 1 N–H and O–H groups in total. The maximum absolute atomic E-state index is 12.2. The molecule has 1 fully saturated rings. The van der Waals surface area contributed by atoms with Gasteiger partial charge in [-0.15, -0.1) is 11.3 Å². The van der Waals surface area contributed by atoms with Crippen LogP contribution in [0.15, 0.2) is 30.3 Å². The minimum Gasteiger partial charge on any atom is -0.369 e. The Kier molecular flexibility index (Phi) is 5.69. The SMILES string of the molecule is CN(Cc1ccc(Cl)s1)c1ccc(NC(=O)C2CCCC2)c(Cl)c1. The Morgan fingerprint density at radius 2 is 2.00 bits per heavy atom. The minimum absolute atomic E-state index is 0.0868. The Labute approximate surface area is 156 Å². The first-order valence-corrected chi connectivity index (χ1v) is 9.66. The van der Waals surface area contributed by atoms with Crippen molar-refractivity contribution >= 4 is 51.8 Å². The standard InChI is InChI=1S/C18H20Cl2N2OS/c1-22(11-14-7-9-17(20)24-14)13-6-8-16(15(19)10-13)21-18(23)12-4-2-3-5-12/h6-10,12H,2-5,11H2,1H3,(H,21,23). The fourth-order valence-electron chi connectivity index (χ4n) is 3.03. The van der Waals surface area contributed by atoms with Gasteiger partial charge >= 0.3 is 0 Å². The summed E-state index contributed by atoms with van der Waals surface area (Å²) in [6.45, 7) is 0.765. The van der Waals surface area contributed by atoms with E-state index in [-0.39, 0.29) is 11.8 Å². The number of benzene rings is 1. The molecular weight excluding hydrogens is 363 g/mol. The van der Waals surface area contributed by atoms with Crippen LogP contribution in [0.2, 0.25) is 9.36 Å². The molecule has 1 amide bonds. The van der Waals surface area contributed by atoms with Crippen LogP contribution in [-0.2, 0) is 11.3 Å². The third-order valence-electron chi connectivity index (χ3n) is 4.40. The molecule has 3 nitrogen and oxygen atoms in total. The predicted octanol–water partition coefficient (Wildman–Crippen LogP) is 5.82. The van der Waals surface area contributed by atoms with Gasteiger partial charge < -0.3 is 10.2 Å². The molecule has 6 heteroatoms. The Bertz CT molecular complexity index is 726. The Hall–Kier alpha value is -1.23. The smallest absolute Gasteiger partial charge is 0.227 e. The number of anilines is 2. The van der Waals surface area contributed by atoms with E-state index in [2.05, 4.69) is 10.2 Å². The number of amides is 1. The lowest BCUT2D eigenvalue weighted by Gasteiger charge is -2.20. The number of carbonyl (C=O) groups excluding carboxylic acids is 1. The fraction of sp³-hybridized carbons (Fsp3) is 0.389. The zero-order valence-electron chi connectivity index (χ0n) is 13.5. The zero-order valence-corrected chi connectivity index (χ0v) is 15.8. The van der Waals surface area contributed by atoms with Crippen LogP contribution in [0.5, 0.6) is 0 Å². The number of hydrogen-bond donors (Lipinski definition) is 1. The minimum atomic E-state index is 0.0868. The molecule has 1 aromatic carbocycles. The van der Waals surface area contributed by atoms with E-state index in [4.69, 9.17) is 23.2 Å². The first kappa shape index (κ1) is 17.6. The summed E-state index contributed by atoms with van der Waals surface area (Å²) in [5.74, 6) is 0.218.